The number of aromatic nitrogens is 1. The van der Waals surface area contributed by atoms with E-state index in [0.29, 0.717) is 0 Å². The molecule has 1 aromatic heterocycles. The van der Waals surface area contributed by atoms with Crippen LogP contribution in [0, 0.1) is 0 Å². The van der Waals surface area contributed by atoms with E-state index in [1.54, 1.807) is 6.20 Å². The number of likely N-dealkylation sites (N-methyl/N-ethyl adjacent to an activating group) is 1. The van der Waals surface area contributed by atoms with E-state index in [1.165, 1.54) is 0 Å². The lowest BCUT2D eigenvalue weighted by atomic mass is 10.0. The Bertz CT molecular complexity index is 376. The zero-order chi connectivity index (χ0) is 13.0. The van der Waals surface area contributed by atoms with Crippen molar-refractivity contribution in [1.29, 1.82) is 0 Å². The van der Waals surface area contributed by atoms with Gasteiger partial charge in [-0.1, -0.05) is 0 Å². The molecule has 2 rings (SSSR count). The molecule has 0 amide bonds. The molecule has 0 saturated carbocycles. The average molecular weight is 250 g/mol. The second kappa shape index (κ2) is 6.16. The summed E-state index contributed by atoms with van der Waals surface area (Å²) in [7, 11) is 1.96. The number of nitrogens with one attached hydrogen (secondary N) is 1. The summed E-state index contributed by atoms with van der Waals surface area (Å²) in [4.78, 5) is 4.26. The predicted molar refractivity (Wildman–Crippen MR) is 70.8 cm³/mol. The van der Waals surface area contributed by atoms with Crippen LogP contribution in [-0.4, -0.2) is 30.8 Å². The third-order valence-electron chi connectivity index (χ3n) is 3.11. The molecule has 1 aromatic rings. The Morgan fingerprint density at radius 3 is 2.89 bits per heavy atom. The molecule has 0 spiro atoms. The molecule has 4 heteroatoms. The second-order valence-electron chi connectivity index (χ2n) is 4.94. The first-order valence-corrected chi connectivity index (χ1v) is 6.61. The molecule has 1 N–H and O–H groups in total. The molecule has 1 saturated heterocycles. The normalized spacial score (nSPS) is 21.2. The van der Waals surface area contributed by atoms with Gasteiger partial charge in [0, 0.05) is 12.8 Å². The Labute approximate surface area is 109 Å². The highest BCUT2D eigenvalue weighted by Gasteiger charge is 2.26. The van der Waals surface area contributed by atoms with Gasteiger partial charge in [0.05, 0.1) is 24.4 Å². The smallest absolute Gasteiger partial charge is 0.138 e. The van der Waals surface area contributed by atoms with E-state index >= 15 is 0 Å². The van der Waals surface area contributed by atoms with Gasteiger partial charge in [-0.25, -0.2) is 0 Å². The summed E-state index contributed by atoms with van der Waals surface area (Å²) < 4.78 is 11.4. The minimum atomic E-state index is 0.165. The number of hydrogen-bond donors (Lipinski definition) is 1. The molecular formula is C14H22N2O2. The van der Waals surface area contributed by atoms with E-state index in [0.717, 1.165) is 30.8 Å². The van der Waals surface area contributed by atoms with Crippen LogP contribution < -0.4 is 10.1 Å². The van der Waals surface area contributed by atoms with Crippen molar-refractivity contribution in [3.8, 4) is 5.75 Å². The minimum absolute atomic E-state index is 0.165. The zero-order valence-electron chi connectivity index (χ0n) is 11.3. The van der Waals surface area contributed by atoms with Crippen LogP contribution in [0.2, 0.25) is 0 Å². The predicted octanol–water partition coefficient (Wildman–Crippen LogP) is 2.31. The summed E-state index contributed by atoms with van der Waals surface area (Å²) in [5, 5.41) is 3.32. The molecule has 2 unspecified atom stereocenters. The van der Waals surface area contributed by atoms with Crippen molar-refractivity contribution in [2.75, 3.05) is 13.7 Å². The van der Waals surface area contributed by atoms with Crippen molar-refractivity contribution in [2.24, 2.45) is 0 Å². The molecule has 0 bridgehead atoms. The SMILES string of the molecule is CNC(c1cncc(OC(C)C)c1)C1CCCO1. The van der Waals surface area contributed by atoms with Crippen molar-refractivity contribution in [3.63, 3.8) is 0 Å². The van der Waals surface area contributed by atoms with Crippen molar-refractivity contribution < 1.29 is 9.47 Å². The molecule has 0 aliphatic carbocycles. The molecule has 1 aliphatic rings. The van der Waals surface area contributed by atoms with Gasteiger partial charge in [0.25, 0.3) is 0 Å². The summed E-state index contributed by atoms with van der Waals surface area (Å²) in [6.07, 6.45) is 6.28. The molecule has 2 atom stereocenters. The monoisotopic (exact) mass is 250 g/mol. The van der Waals surface area contributed by atoms with Gasteiger partial charge in [0.1, 0.15) is 5.75 Å². The number of pyridine rings is 1. The van der Waals surface area contributed by atoms with Gasteiger partial charge in [0.2, 0.25) is 0 Å². The van der Waals surface area contributed by atoms with Crippen LogP contribution in [0.25, 0.3) is 0 Å². The molecule has 0 aromatic carbocycles. The van der Waals surface area contributed by atoms with Crippen LogP contribution >= 0.6 is 0 Å². The van der Waals surface area contributed by atoms with Crippen LogP contribution in [0.4, 0.5) is 0 Å². The van der Waals surface area contributed by atoms with Crippen molar-refractivity contribution in [3.05, 3.63) is 24.0 Å². The first kappa shape index (κ1) is 13.3. The maximum absolute atomic E-state index is 5.75. The Morgan fingerprint density at radius 2 is 2.28 bits per heavy atom. The molecule has 18 heavy (non-hydrogen) atoms. The highest BCUT2D eigenvalue weighted by atomic mass is 16.5. The van der Waals surface area contributed by atoms with Crippen LogP contribution in [0.5, 0.6) is 5.75 Å². The second-order valence-corrected chi connectivity index (χ2v) is 4.94. The lowest BCUT2D eigenvalue weighted by Crippen LogP contribution is -2.29. The topological polar surface area (TPSA) is 43.4 Å². The third-order valence-corrected chi connectivity index (χ3v) is 3.11. The Balaban J connectivity index is 2.14. The Morgan fingerprint density at radius 1 is 1.44 bits per heavy atom. The summed E-state index contributed by atoms with van der Waals surface area (Å²) in [6, 6.07) is 2.24. The average Bonchev–Trinajstić information content (AvgIpc) is 2.83. The number of hydrogen-bond acceptors (Lipinski definition) is 4. The number of rotatable bonds is 5. The summed E-state index contributed by atoms with van der Waals surface area (Å²) >= 11 is 0. The lowest BCUT2D eigenvalue weighted by molar-refractivity contribution is 0.0805. The fourth-order valence-electron chi connectivity index (χ4n) is 2.37. The van der Waals surface area contributed by atoms with Gasteiger partial charge in [-0.2, -0.15) is 0 Å². The van der Waals surface area contributed by atoms with Crippen LogP contribution in [0.1, 0.15) is 38.3 Å². The summed E-state index contributed by atoms with van der Waals surface area (Å²) in [6.45, 7) is 4.89. The van der Waals surface area contributed by atoms with Crippen molar-refractivity contribution in [1.82, 2.24) is 10.3 Å². The molecular weight excluding hydrogens is 228 g/mol. The third kappa shape index (κ3) is 3.21. The van der Waals surface area contributed by atoms with E-state index < -0.39 is 0 Å². The Kier molecular flexibility index (Phi) is 4.55. The van der Waals surface area contributed by atoms with E-state index in [1.807, 2.05) is 27.1 Å². The largest absolute Gasteiger partial charge is 0.489 e. The zero-order valence-corrected chi connectivity index (χ0v) is 11.3. The van der Waals surface area contributed by atoms with Gasteiger partial charge in [-0.05, 0) is 45.4 Å². The lowest BCUT2D eigenvalue weighted by Gasteiger charge is -2.23. The molecule has 0 radical (unpaired) electrons. The minimum Gasteiger partial charge on any atom is -0.489 e. The molecule has 2 heterocycles. The first-order valence-electron chi connectivity index (χ1n) is 6.61. The van der Waals surface area contributed by atoms with E-state index in [2.05, 4.69) is 16.4 Å². The highest BCUT2D eigenvalue weighted by molar-refractivity contribution is 5.27. The number of ether oxygens (including phenoxy) is 2. The van der Waals surface area contributed by atoms with Crippen LogP contribution in [0.3, 0.4) is 0 Å². The quantitative estimate of drug-likeness (QED) is 0.871. The summed E-state index contributed by atoms with van der Waals surface area (Å²) in [5.74, 6) is 0.820. The standard InChI is InChI=1S/C14H22N2O2/c1-10(2)18-12-7-11(8-16-9-12)14(15-3)13-5-4-6-17-13/h7-10,13-15H,4-6H2,1-3H3. The molecule has 1 fully saturated rings. The fraction of sp³-hybridized carbons (Fsp3) is 0.643. The van der Waals surface area contributed by atoms with Gasteiger partial charge in [-0.3, -0.25) is 4.98 Å². The van der Waals surface area contributed by atoms with Gasteiger partial charge >= 0.3 is 0 Å². The fourth-order valence-corrected chi connectivity index (χ4v) is 2.37. The Hall–Kier alpha value is -1.13. The van der Waals surface area contributed by atoms with E-state index in [4.69, 9.17) is 9.47 Å². The molecule has 100 valence electrons. The first-order chi connectivity index (χ1) is 8.70. The molecule has 1 aliphatic heterocycles. The van der Waals surface area contributed by atoms with Gasteiger partial charge in [0.15, 0.2) is 0 Å². The molecule has 4 nitrogen and oxygen atoms in total. The van der Waals surface area contributed by atoms with E-state index in [-0.39, 0.29) is 18.2 Å². The van der Waals surface area contributed by atoms with Crippen LogP contribution in [0.15, 0.2) is 18.5 Å². The van der Waals surface area contributed by atoms with Crippen molar-refractivity contribution in [2.45, 2.75) is 44.9 Å². The van der Waals surface area contributed by atoms with Gasteiger partial charge < -0.3 is 14.8 Å². The maximum Gasteiger partial charge on any atom is 0.138 e. The highest BCUT2D eigenvalue weighted by Crippen LogP contribution is 2.28. The van der Waals surface area contributed by atoms with Crippen molar-refractivity contribution >= 4 is 0 Å². The van der Waals surface area contributed by atoms with E-state index in [9.17, 15) is 0 Å². The number of nitrogens with zero attached hydrogens (tertiary/aromatic N) is 1. The maximum atomic E-state index is 5.75. The van der Waals surface area contributed by atoms with Crippen LogP contribution in [-0.2, 0) is 4.74 Å². The summed E-state index contributed by atoms with van der Waals surface area (Å²) in [5.41, 5.74) is 1.13. The van der Waals surface area contributed by atoms with Gasteiger partial charge in [-0.15, -0.1) is 0 Å².